The van der Waals surface area contributed by atoms with Gasteiger partial charge in [-0.25, -0.2) is 0 Å². The van der Waals surface area contributed by atoms with Crippen molar-refractivity contribution in [2.24, 2.45) is 23.2 Å². The molecule has 6 atom stereocenters. The number of aliphatic hydroxyl groups is 2. The number of allylic oxidation sites excluding steroid dienone is 2. The molecular formula is C18H24O3. The molecule has 3 heteroatoms. The summed E-state index contributed by atoms with van der Waals surface area (Å²) in [7, 11) is 0. The number of fused-ring (bicyclic) bond motifs is 5. The fourth-order valence-corrected chi connectivity index (χ4v) is 5.82. The quantitative estimate of drug-likeness (QED) is 0.719. The topological polar surface area (TPSA) is 57.5 Å². The number of aliphatic hydroxyl groups excluding tert-OH is 1. The highest BCUT2D eigenvalue weighted by Gasteiger charge is 2.59. The van der Waals surface area contributed by atoms with E-state index in [0.717, 1.165) is 44.1 Å². The second-order valence-electron chi connectivity index (χ2n) is 7.78. The Balaban J connectivity index is 1.70. The smallest absolute Gasteiger partial charge is 0.178 e. The minimum atomic E-state index is -0.911. The largest absolute Gasteiger partial charge is 0.393 e. The molecule has 114 valence electrons. The fourth-order valence-electron chi connectivity index (χ4n) is 5.82. The van der Waals surface area contributed by atoms with Gasteiger partial charge >= 0.3 is 0 Å². The molecule has 2 N–H and O–H groups in total. The summed E-state index contributed by atoms with van der Waals surface area (Å²) in [5.41, 5.74) is 0.0388. The first-order valence-electron chi connectivity index (χ1n) is 8.30. The van der Waals surface area contributed by atoms with Crippen LogP contribution in [0.3, 0.4) is 0 Å². The number of carbonyl (C=O) groups is 1. The number of hydrogen-bond acceptors (Lipinski definition) is 3. The molecule has 0 aromatic heterocycles. The molecule has 3 saturated carbocycles. The standard InChI is InChI=1S/C18H24O3/c1-17-8-7-15-13(14(17)4-5-16(17)20)3-2-11-10-12(19)6-9-18(11,15)21/h6,9-10,13-16,20-21H,2-5,7-8H2,1H3/t13-,14-,15-,16+,17-,18+/m0/s1. The van der Waals surface area contributed by atoms with Crippen molar-refractivity contribution in [3.63, 3.8) is 0 Å². The van der Waals surface area contributed by atoms with E-state index in [1.54, 1.807) is 12.2 Å². The van der Waals surface area contributed by atoms with E-state index in [9.17, 15) is 15.0 Å². The Labute approximate surface area is 125 Å². The predicted molar refractivity (Wildman–Crippen MR) is 79.5 cm³/mol. The monoisotopic (exact) mass is 288 g/mol. The lowest BCUT2D eigenvalue weighted by Crippen LogP contribution is -2.54. The summed E-state index contributed by atoms with van der Waals surface area (Å²) in [6.07, 6.45) is 10.5. The van der Waals surface area contributed by atoms with E-state index in [1.807, 2.05) is 0 Å². The zero-order chi connectivity index (χ0) is 14.8. The lowest BCUT2D eigenvalue weighted by molar-refractivity contribution is -0.113. The van der Waals surface area contributed by atoms with Gasteiger partial charge in [-0.05, 0) is 85.5 Å². The van der Waals surface area contributed by atoms with E-state index < -0.39 is 5.60 Å². The van der Waals surface area contributed by atoms with Crippen molar-refractivity contribution in [2.45, 2.75) is 57.2 Å². The third-order valence-corrected chi connectivity index (χ3v) is 7.03. The summed E-state index contributed by atoms with van der Waals surface area (Å²) >= 11 is 0. The molecule has 4 aliphatic rings. The molecule has 0 bridgehead atoms. The Morgan fingerprint density at radius 3 is 2.81 bits per heavy atom. The minimum Gasteiger partial charge on any atom is -0.393 e. The zero-order valence-electron chi connectivity index (χ0n) is 12.6. The van der Waals surface area contributed by atoms with E-state index in [2.05, 4.69) is 6.92 Å². The van der Waals surface area contributed by atoms with E-state index in [-0.39, 0.29) is 23.2 Å². The van der Waals surface area contributed by atoms with Crippen molar-refractivity contribution in [2.75, 3.05) is 0 Å². The normalized spacial score (nSPS) is 52.0. The van der Waals surface area contributed by atoms with Crippen LogP contribution in [0, 0.1) is 23.2 Å². The van der Waals surface area contributed by atoms with Crippen LogP contribution in [0.5, 0.6) is 0 Å². The highest BCUT2D eigenvalue weighted by atomic mass is 16.3. The lowest BCUT2D eigenvalue weighted by Gasteiger charge is -2.55. The summed E-state index contributed by atoms with van der Waals surface area (Å²) in [4.78, 5) is 11.6. The Kier molecular flexibility index (Phi) is 2.81. The van der Waals surface area contributed by atoms with Gasteiger partial charge in [-0.1, -0.05) is 6.92 Å². The van der Waals surface area contributed by atoms with Gasteiger partial charge in [0.15, 0.2) is 5.78 Å². The Morgan fingerprint density at radius 1 is 1.19 bits per heavy atom. The molecule has 0 unspecified atom stereocenters. The average Bonchev–Trinajstić information content (AvgIpc) is 2.76. The van der Waals surface area contributed by atoms with Crippen molar-refractivity contribution in [1.29, 1.82) is 0 Å². The van der Waals surface area contributed by atoms with Crippen LogP contribution in [0.15, 0.2) is 23.8 Å². The molecule has 0 heterocycles. The van der Waals surface area contributed by atoms with Gasteiger partial charge in [0, 0.05) is 0 Å². The van der Waals surface area contributed by atoms with E-state index in [0.29, 0.717) is 11.8 Å². The maximum absolute atomic E-state index is 11.6. The van der Waals surface area contributed by atoms with Crippen LogP contribution in [0.1, 0.15) is 45.4 Å². The molecule has 4 aliphatic carbocycles. The molecule has 0 saturated heterocycles. The third-order valence-electron chi connectivity index (χ3n) is 7.03. The van der Waals surface area contributed by atoms with E-state index in [4.69, 9.17) is 0 Å². The van der Waals surface area contributed by atoms with Gasteiger partial charge in [0.2, 0.25) is 0 Å². The molecule has 0 aromatic rings. The van der Waals surface area contributed by atoms with Crippen LogP contribution in [-0.4, -0.2) is 27.7 Å². The molecular weight excluding hydrogens is 264 g/mol. The van der Waals surface area contributed by atoms with E-state index >= 15 is 0 Å². The summed E-state index contributed by atoms with van der Waals surface area (Å²) in [5.74, 6) is 1.21. The number of hydrogen-bond donors (Lipinski definition) is 2. The maximum Gasteiger partial charge on any atom is 0.178 e. The van der Waals surface area contributed by atoms with Crippen molar-refractivity contribution < 1.29 is 15.0 Å². The molecule has 0 spiro atoms. The van der Waals surface area contributed by atoms with Crippen LogP contribution in [0.4, 0.5) is 0 Å². The van der Waals surface area contributed by atoms with Crippen LogP contribution in [0.2, 0.25) is 0 Å². The highest BCUT2D eigenvalue weighted by molar-refractivity contribution is 6.01. The van der Waals surface area contributed by atoms with Crippen molar-refractivity contribution in [1.82, 2.24) is 0 Å². The SMILES string of the molecule is C[C@]12CC[C@H]3[C@@H](CCC4=CC(=O)C=C[C@@]43O)[C@@H]1CC[C@H]2O. The van der Waals surface area contributed by atoms with Crippen molar-refractivity contribution >= 4 is 5.78 Å². The lowest BCUT2D eigenvalue weighted by atomic mass is 9.51. The van der Waals surface area contributed by atoms with Crippen LogP contribution in [0.25, 0.3) is 0 Å². The summed E-state index contributed by atoms with van der Waals surface area (Å²) in [6.45, 7) is 2.24. The van der Waals surface area contributed by atoms with Gasteiger partial charge in [0.05, 0.1) is 6.10 Å². The van der Waals surface area contributed by atoms with Crippen LogP contribution in [-0.2, 0) is 4.79 Å². The Morgan fingerprint density at radius 2 is 2.00 bits per heavy atom. The average molecular weight is 288 g/mol. The van der Waals surface area contributed by atoms with Gasteiger partial charge < -0.3 is 10.2 Å². The van der Waals surface area contributed by atoms with Gasteiger partial charge in [0.25, 0.3) is 0 Å². The molecule has 3 fully saturated rings. The number of ketones is 1. The Hall–Kier alpha value is -0.930. The van der Waals surface area contributed by atoms with Gasteiger partial charge in [0.1, 0.15) is 5.60 Å². The molecule has 0 aliphatic heterocycles. The summed E-state index contributed by atoms with van der Waals surface area (Å²) < 4.78 is 0. The van der Waals surface area contributed by atoms with Gasteiger partial charge in [-0.2, -0.15) is 0 Å². The second-order valence-corrected chi connectivity index (χ2v) is 7.78. The fraction of sp³-hybridized carbons (Fsp3) is 0.722. The maximum atomic E-state index is 11.6. The molecule has 4 rings (SSSR count). The van der Waals surface area contributed by atoms with Crippen molar-refractivity contribution in [3.05, 3.63) is 23.8 Å². The van der Waals surface area contributed by atoms with E-state index in [1.165, 1.54) is 6.08 Å². The molecule has 0 radical (unpaired) electrons. The van der Waals surface area contributed by atoms with Gasteiger partial charge in [-0.15, -0.1) is 0 Å². The van der Waals surface area contributed by atoms with Crippen LogP contribution >= 0.6 is 0 Å². The third kappa shape index (κ3) is 1.71. The number of rotatable bonds is 0. The Bertz CT molecular complexity index is 549. The summed E-state index contributed by atoms with van der Waals surface area (Å²) in [6, 6.07) is 0. The zero-order valence-corrected chi connectivity index (χ0v) is 12.6. The molecule has 0 aromatic carbocycles. The second kappa shape index (κ2) is 4.30. The summed E-state index contributed by atoms with van der Waals surface area (Å²) in [5, 5.41) is 21.6. The first-order chi connectivity index (χ1) is 9.95. The van der Waals surface area contributed by atoms with Gasteiger partial charge in [-0.3, -0.25) is 4.79 Å². The molecule has 21 heavy (non-hydrogen) atoms. The van der Waals surface area contributed by atoms with Crippen molar-refractivity contribution in [3.8, 4) is 0 Å². The first kappa shape index (κ1) is 13.7. The first-order valence-corrected chi connectivity index (χ1v) is 8.30. The minimum absolute atomic E-state index is 0.00469. The molecule has 3 nitrogen and oxygen atoms in total. The highest BCUT2D eigenvalue weighted by Crippen LogP contribution is 2.62. The molecule has 0 amide bonds. The predicted octanol–water partition coefficient (Wildman–Crippen LogP) is 2.38. The van der Waals surface area contributed by atoms with Crippen LogP contribution < -0.4 is 0 Å². The number of carbonyl (C=O) groups excluding carboxylic acids is 1.